The van der Waals surface area contributed by atoms with E-state index in [1.165, 1.54) is 0 Å². The Morgan fingerprint density at radius 2 is 2.25 bits per heavy atom. The number of fused-ring (bicyclic) bond motifs is 1. The summed E-state index contributed by atoms with van der Waals surface area (Å²) in [6, 6.07) is 5.92. The summed E-state index contributed by atoms with van der Waals surface area (Å²) in [4.78, 5) is 1.97. The van der Waals surface area contributed by atoms with Gasteiger partial charge in [0.15, 0.2) is 11.5 Å². The first-order valence-electron chi connectivity index (χ1n) is 5.07. The smallest absolute Gasteiger partial charge is 0.231 e. The van der Waals surface area contributed by atoms with Crippen LogP contribution in [0.5, 0.6) is 11.5 Å². The van der Waals surface area contributed by atoms with E-state index >= 15 is 0 Å². The largest absolute Gasteiger partial charge is 0.454 e. The SMILES string of the molecule is C=CN(COC)Cc1ccc2c(c1)OCO2. The number of methoxy groups -OCH3 is 1. The van der Waals surface area contributed by atoms with Crippen molar-refractivity contribution in [1.29, 1.82) is 0 Å². The van der Waals surface area contributed by atoms with Crippen molar-refractivity contribution < 1.29 is 14.2 Å². The van der Waals surface area contributed by atoms with Gasteiger partial charge in [-0.15, -0.1) is 0 Å². The molecule has 4 nitrogen and oxygen atoms in total. The molecule has 0 spiro atoms. The Balaban J connectivity index is 2.06. The van der Waals surface area contributed by atoms with Crippen LogP contribution in [0.25, 0.3) is 0 Å². The maximum absolute atomic E-state index is 5.32. The van der Waals surface area contributed by atoms with Crippen LogP contribution in [-0.2, 0) is 11.3 Å². The summed E-state index contributed by atoms with van der Waals surface area (Å²) >= 11 is 0. The van der Waals surface area contributed by atoms with Crippen molar-refractivity contribution in [3.05, 3.63) is 36.5 Å². The molecule has 0 aliphatic carbocycles. The van der Waals surface area contributed by atoms with Gasteiger partial charge in [-0.1, -0.05) is 12.6 Å². The van der Waals surface area contributed by atoms with Crippen LogP contribution in [0.1, 0.15) is 5.56 Å². The molecule has 0 atom stereocenters. The lowest BCUT2D eigenvalue weighted by Gasteiger charge is -2.18. The molecule has 1 aromatic carbocycles. The zero-order valence-electron chi connectivity index (χ0n) is 9.31. The maximum atomic E-state index is 5.32. The summed E-state index contributed by atoms with van der Waals surface area (Å²) in [5, 5.41) is 0. The van der Waals surface area contributed by atoms with Gasteiger partial charge in [0.2, 0.25) is 6.79 Å². The van der Waals surface area contributed by atoms with Gasteiger partial charge in [0.25, 0.3) is 0 Å². The Labute approximate surface area is 95.0 Å². The highest BCUT2D eigenvalue weighted by Gasteiger charge is 2.13. The standard InChI is InChI=1S/C12H15NO3/c1-3-13(8-14-2)7-10-4-5-11-12(6-10)16-9-15-11/h3-6H,1,7-9H2,2H3. The summed E-state index contributed by atoms with van der Waals surface area (Å²) in [6.07, 6.45) is 1.76. The summed E-state index contributed by atoms with van der Waals surface area (Å²) in [6.45, 7) is 5.32. The second-order valence-corrected chi connectivity index (χ2v) is 3.53. The predicted molar refractivity (Wildman–Crippen MR) is 60.2 cm³/mol. The minimum Gasteiger partial charge on any atom is -0.454 e. The van der Waals surface area contributed by atoms with E-state index in [4.69, 9.17) is 14.2 Å². The molecule has 4 heteroatoms. The summed E-state index contributed by atoms with van der Waals surface area (Å²) in [5.74, 6) is 1.61. The van der Waals surface area contributed by atoms with Crippen LogP contribution in [0.3, 0.4) is 0 Å². The highest BCUT2D eigenvalue weighted by molar-refractivity contribution is 5.44. The molecule has 0 saturated carbocycles. The predicted octanol–water partition coefficient (Wildman–Crippen LogP) is 1.96. The van der Waals surface area contributed by atoms with Gasteiger partial charge in [-0.2, -0.15) is 0 Å². The molecule has 0 radical (unpaired) electrons. The molecule has 0 N–H and O–H groups in total. The number of ether oxygens (including phenoxy) is 3. The highest BCUT2D eigenvalue weighted by atomic mass is 16.7. The molecule has 1 aliphatic rings. The number of rotatable bonds is 5. The third-order valence-electron chi connectivity index (χ3n) is 2.38. The van der Waals surface area contributed by atoms with E-state index in [1.54, 1.807) is 13.3 Å². The zero-order chi connectivity index (χ0) is 11.4. The van der Waals surface area contributed by atoms with Crippen molar-refractivity contribution in [2.75, 3.05) is 20.6 Å². The molecular formula is C12H15NO3. The van der Waals surface area contributed by atoms with Crippen molar-refractivity contribution in [3.8, 4) is 11.5 Å². The van der Waals surface area contributed by atoms with Crippen LogP contribution in [-0.4, -0.2) is 25.5 Å². The first-order valence-corrected chi connectivity index (χ1v) is 5.07. The Hall–Kier alpha value is -1.68. The third-order valence-corrected chi connectivity index (χ3v) is 2.38. The van der Waals surface area contributed by atoms with Crippen molar-refractivity contribution in [2.45, 2.75) is 6.54 Å². The van der Waals surface area contributed by atoms with Crippen LogP contribution < -0.4 is 9.47 Å². The summed E-state index contributed by atoms with van der Waals surface area (Å²) < 4.78 is 15.6. The molecule has 1 aromatic rings. The average molecular weight is 221 g/mol. The van der Waals surface area contributed by atoms with E-state index in [1.807, 2.05) is 23.1 Å². The van der Waals surface area contributed by atoms with Crippen LogP contribution in [0.2, 0.25) is 0 Å². The minimum atomic E-state index is 0.308. The first-order chi connectivity index (χ1) is 7.83. The van der Waals surface area contributed by atoms with Crippen molar-refractivity contribution in [2.24, 2.45) is 0 Å². The Morgan fingerprint density at radius 3 is 3.00 bits per heavy atom. The Bertz CT molecular complexity index is 379. The quantitative estimate of drug-likeness (QED) is 0.711. The van der Waals surface area contributed by atoms with Gasteiger partial charge in [-0.25, -0.2) is 0 Å². The van der Waals surface area contributed by atoms with Gasteiger partial charge in [0.1, 0.15) is 6.73 Å². The molecule has 0 bridgehead atoms. The fraction of sp³-hybridized carbons (Fsp3) is 0.333. The highest BCUT2D eigenvalue weighted by Crippen LogP contribution is 2.32. The lowest BCUT2D eigenvalue weighted by Crippen LogP contribution is -2.18. The maximum Gasteiger partial charge on any atom is 0.231 e. The summed E-state index contributed by atoms with van der Waals surface area (Å²) in [7, 11) is 1.66. The molecule has 16 heavy (non-hydrogen) atoms. The van der Waals surface area contributed by atoms with Crippen molar-refractivity contribution in [1.82, 2.24) is 4.90 Å². The van der Waals surface area contributed by atoms with E-state index in [-0.39, 0.29) is 0 Å². The lowest BCUT2D eigenvalue weighted by molar-refractivity contribution is 0.0918. The molecule has 1 heterocycles. The molecule has 86 valence electrons. The molecule has 0 aromatic heterocycles. The lowest BCUT2D eigenvalue weighted by atomic mass is 10.2. The van der Waals surface area contributed by atoms with E-state index in [2.05, 4.69) is 6.58 Å². The van der Waals surface area contributed by atoms with Gasteiger partial charge in [-0.3, -0.25) is 0 Å². The Morgan fingerprint density at radius 1 is 1.44 bits per heavy atom. The summed E-state index contributed by atoms with van der Waals surface area (Å²) in [5.41, 5.74) is 1.14. The fourth-order valence-corrected chi connectivity index (χ4v) is 1.60. The van der Waals surface area contributed by atoms with Gasteiger partial charge >= 0.3 is 0 Å². The normalized spacial score (nSPS) is 12.6. The van der Waals surface area contributed by atoms with E-state index in [9.17, 15) is 0 Å². The van der Waals surface area contributed by atoms with Gasteiger partial charge in [0, 0.05) is 13.7 Å². The molecular weight excluding hydrogens is 206 g/mol. The zero-order valence-corrected chi connectivity index (χ0v) is 9.31. The fourth-order valence-electron chi connectivity index (χ4n) is 1.60. The van der Waals surface area contributed by atoms with Gasteiger partial charge in [-0.05, 0) is 23.9 Å². The van der Waals surface area contributed by atoms with Crippen LogP contribution in [0.4, 0.5) is 0 Å². The molecule has 1 aliphatic heterocycles. The van der Waals surface area contributed by atoms with E-state index in [0.29, 0.717) is 13.5 Å². The average Bonchev–Trinajstić information content (AvgIpc) is 2.75. The number of benzene rings is 1. The number of hydrogen-bond acceptors (Lipinski definition) is 4. The van der Waals surface area contributed by atoms with Crippen molar-refractivity contribution in [3.63, 3.8) is 0 Å². The van der Waals surface area contributed by atoms with Crippen molar-refractivity contribution >= 4 is 0 Å². The van der Waals surface area contributed by atoms with E-state index < -0.39 is 0 Å². The molecule has 0 amide bonds. The van der Waals surface area contributed by atoms with Crippen LogP contribution in [0, 0.1) is 0 Å². The second-order valence-electron chi connectivity index (χ2n) is 3.53. The molecule has 0 saturated heterocycles. The molecule has 0 unspecified atom stereocenters. The topological polar surface area (TPSA) is 30.9 Å². The van der Waals surface area contributed by atoms with E-state index in [0.717, 1.165) is 23.6 Å². The van der Waals surface area contributed by atoms with Crippen LogP contribution >= 0.6 is 0 Å². The third kappa shape index (κ3) is 2.28. The number of hydrogen-bond donors (Lipinski definition) is 0. The minimum absolute atomic E-state index is 0.308. The number of nitrogens with zero attached hydrogens (tertiary/aromatic N) is 1. The van der Waals surface area contributed by atoms with Gasteiger partial charge in [0.05, 0.1) is 0 Å². The van der Waals surface area contributed by atoms with Crippen LogP contribution in [0.15, 0.2) is 31.0 Å². The van der Waals surface area contributed by atoms with Gasteiger partial charge < -0.3 is 19.1 Å². The Kier molecular flexibility index (Phi) is 3.31. The molecule has 2 rings (SSSR count). The monoisotopic (exact) mass is 221 g/mol. The first kappa shape index (κ1) is 10.8. The molecule has 0 fully saturated rings. The second kappa shape index (κ2) is 4.90.